The van der Waals surface area contributed by atoms with Crippen molar-refractivity contribution in [1.82, 2.24) is 19.1 Å². The Bertz CT molecular complexity index is 2150. The van der Waals surface area contributed by atoms with E-state index in [-0.39, 0.29) is 23.7 Å². The summed E-state index contributed by atoms with van der Waals surface area (Å²) >= 11 is 0. The first-order valence-electron chi connectivity index (χ1n) is 23.1. The molecule has 2 N–H and O–H groups in total. The Labute approximate surface area is 369 Å². The molecule has 2 aromatic heterocycles. The lowest BCUT2D eigenvalue weighted by molar-refractivity contribution is 0.806. The van der Waals surface area contributed by atoms with Crippen LogP contribution in [0.25, 0.3) is 11.4 Å². The number of hydrogen-bond donors (Lipinski definition) is 2. The molecule has 6 rings (SSSR count). The van der Waals surface area contributed by atoms with Gasteiger partial charge in [0.2, 0.25) is 11.9 Å². The minimum absolute atomic E-state index is 0.251. The van der Waals surface area contributed by atoms with E-state index in [2.05, 4.69) is 215 Å². The fourth-order valence-electron chi connectivity index (χ4n) is 9.44. The first-order valence-corrected chi connectivity index (χ1v) is 25.1. The van der Waals surface area contributed by atoms with Gasteiger partial charge < -0.3 is 9.96 Å². The van der Waals surface area contributed by atoms with Crippen LogP contribution in [0.1, 0.15) is 203 Å². The molecule has 0 radical (unpaired) electrons. The number of nitrogens with zero attached hydrogens (tertiary/aromatic N) is 4. The highest BCUT2D eigenvalue weighted by atomic mass is 28.3. The highest BCUT2D eigenvalue weighted by molar-refractivity contribution is 7.07. The number of rotatable bonds is 16. The van der Waals surface area contributed by atoms with E-state index in [9.17, 15) is 0 Å². The van der Waals surface area contributed by atoms with Gasteiger partial charge in [0.1, 0.15) is 0 Å². The zero-order chi connectivity index (χ0) is 44.5. The van der Waals surface area contributed by atoms with Crippen LogP contribution >= 0.6 is 0 Å². The normalized spacial score (nSPS) is 12.5. The summed E-state index contributed by atoms with van der Waals surface area (Å²) < 4.78 is 4.71. The Morgan fingerprint density at radius 1 is 0.361 bits per heavy atom. The van der Waals surface area contributed by atoms with E-state index in [1.54, 1.807) is 0 Å². The number of imidazole rings is 2. The number of anilines is 2. The van der Waals surface area contributed by atoms with Gasteiger partial charge in [0.25, 0.3) is 0 Å². The first-order chi connectivity index (χ1) is 28.9. The monoisotopic (exact) mass is 835 g/mol. The van der Waals surface area contributed by atoms with Crippen molar-refractivity contribution in [3.05, 3.63) is 142 Å². The minimum atomic E-state index is -3.56. The van der Waals surface area contributed by atoms with Gasteiger partial charge >= 0.3 is 8.40 Å². The molecule has 4 aromatic carbocycles. The van der Waals surface area contributed by atoms with Crippen molar-refractivity contribution in [3.8, 4) is 11.4 Å². The lowest BCUT2D eigenvalue weighted by Crippen LogP contribution is -2.74. The molecular weight excluding hydrogens is 761 g/mol. The van der Waals surface area contributed by atoms with E-state index < -0.39 is 8.40 Å². The molecule has 0 aliphatic rings. The third-order valence-electron chi connectivity index (χ3n) is 12.5. The second-order valence-corrected chi connectivity index (χ2v) is 22.7. The first kappa shape index (κ1) is 45.6. The Morgan fingerprint density at radius 3 is 0.820 bits per heavy atom. The molecule has 0 unspecified atom stereocenters. The highest BCUT2D eigenvalue weighted by Gasteiger charge is 2.49. The summed E-state index contributed by atoms with van der Waals surface area (Å²) in [6, 6.07) is 27.7. The number of para-hydroxylation sites is 2. The number of nitrogens with one attached hydrogen (secondary N) is 2. The van der Waals surface area contributed by atoms with Crippen molar-refractivity contribution in [2.24, 2.45) is 0 Å². The van der Waals surface area contributed by atoms with Crippen molar-refractivity contribution < 1.29 is 0 Å². The molecule has 6 aromatic rings. The van der Waals surface area contributed by atoms with E-state index in [0.29, 0.717) is 23.7 Å². The number of aromatic nitrogens is 4. The van der Waals surface area contributed by atoms with E-state index in [1.165, 1.54) is 66.3 Å². The van der Waals surface area contributed by atoms with E-state index in [1.807, 2.05) is 12.4 Å². The Hall–Kier alpha value is -4.88. The van der Waals surface area contributed by atoms with Gasteiger partial charge in [-0.2, -0.15) is 0 Å². The molecule has 7 heteroatoms. The van der Waals surface area contributed by atoms with Gasteiger partial charge in [-0.1, -0.05) is 184 Å². The second kappa shape index (κ2) is 18.6. The molecule has 0 saturated carbocycles. The molecule has 0 aliphatic carbocycles. The summed E-state index contributed by atoms with van der Waals surface area (Å²) in [5.74, 6) is 3.93. The van der Waals surface area contributed by atoms with Crippen molar-refractivity contribution in [3.63, 3.8) is 0 Å². The van der Waals surface area contributed by atoms with Gasteiger partial charge in [-0.05, 0) is 102 Å². The summed E-state index contributed by atoms with van der Waals surface area (Å²) in [6.45, 7) is 37.2. The summed E-state index contributed by atoms with van der Waals surface area (Å²) in [4.78, 5) is 19.7. The topological polar surface area (TPSA) is 59.7 Å². The van der Waals surface area contributed by atoms with Crippen LogP contribution in [0.2, 0.25) is 0 Å². The average molecular weight is 835 g/mol. The number of hydrogen-bond acceptors (Lipinski definition) is 4. The maximum atomic E-state index is 5.33. The largest absolute Gasteiger partial charge is 0.357 e. The zero-order valence-electron chi connectivity index (χ0n) is 40.1. The second-order valence-electron chi connectivity index (χ2n) is 19.7. The Morgan fingerprint density at radius 2 is 0.590 bits per heavy atom. The van der Waals surface area contributed by atoms with Crippen LogP contribution in [0.4, 0.5) is 11.9 Å². The molecule has 0 bridgehead atoms. The molecular formula is C54H74N6Si. The maximum Gasteiger partial charge on any atom is 0.332 e. The molecule has 6 nitrogen and oxygen atoms in total. The summed E-state index contributed by atoms with van der Waals surface area (Å²) in [5, 5.41) is 2.73. The van der Waals surface area contributed by atoms with E-state index >= 15 is 0 Å². The molecule has 0 spiro atoms. The van der Waals surface area contributed by atoms with Crippen molar-refractivity contribution >= 4 is 30.7 Å². The molecule has 0 amide bonds. The molecule has 324 valence electrons. The summed E-state index contributed by atoms with van der Waals surface area (Å²) in [6.07, 6.45) is 8.29. The lowest BCUT2D eigenvalue weighted by Gasteiger charge is -2.41. The summed E-state index contributed by atoms with van der Waals surface area (Å²) in [5.41, 5.74) is 13.1. The minimum Gasteiger partial charge on any atom is -0.357 e. The standard InChI is InChI=1S/C54H74N6Si/c1-33(2)41-21-17-22-42(34(3)4)49(41)59-31-29-55-53(59)57-61(51-45(37(9)10)25-19-26-46(51)38(11)12,52-47(39(13)14)27-20-28-48(52)40(15)16)58-54-56-30-32-60(54)50-43(35(5)6)23-18-24-44(50)36(7)8/h17-40H,1-16H3,(H,55,57)(H,56,58). The highest BCUT2D eigenvalue weighted by Crippen LogP contribution is 2.37. The van der Waals surface area contributed by atoms with E-state index in [0.717, 1.165) is 11.9 Å². The lowest BCUT2D eigenvalue weighted by atomic mass is 9.92. The van der Waals surface area contributed by atoms with Crippen molar-refractivity contribution in [1.29, 1.82) is 0 Å². The van der Waals surface area contributed by atoms with Gasteiger partial charge in [0.15, 0.2) is 0 Å². The van der Waals surface area contributed by atoms with Gasteiger partial charge in [-0.25, -0.2) is 9.97 Å². The molecule has 0 atom stereocenters. The van der Waals surface area contributed by atoms with Gasteiger partial charge in [0.05, 0.1) is 11.4 Å². The predicted octanol–water partition coefficient (Wildman–Crippen LogP) is 13.8. The van der Waals surface area contributed by atoms with Crippen LogP contribution in [0.5, 0.6) is 0 Å². The Kier molecular flexibility index (Phi) is 13.9. The fraction of sp³-hybridized carbons (Fsp3) is 0.444. The third kappa shape index (κ3) is 8.78. The van der Waals surface area contributed by atoms with Crippen LogP contribution in [-0.4, -0.2) is 27.5 Å². The number of benzene rings is 4. The molecule has 2 heterocycles. The van der Waals surface area contributed by atoms with Crippen LogP contribution in [0.3, 0.4) is 0 Å². The smallest absolute Gasteiger partial charge is 0.332 e. The van der Waals surface area contributed by atoms with Gasteiger partial charge in [-0.3, -0.25) is 9.13 Å². The Balaban J connectivity index is 1.85. The molecule has 61 heavy (non-hydrogen) atoms. The summed E-state index contributed by atoms with van der Waals surface area (Å²) in [7, 11) is -3.56. The molecule has 0 saturated heterocycles. The van der Waals surface area contributed by atoms with Crippen molar-refractivity contribution in [2.75, 3.05) is 9.96 Å². The maximum absolute atomic E-state index is 5.33. The van der Waals surface area contributed by atoms with Crippen LogP contribution in [0.15, 0.2) is 97.6 Å². The van der Waals surface area contributed by atoms with Crippen LogP contribution < -0.4 is 20.3 Å². The quantitative estimate of drug-likeness (QED) is 0.0954. The zero-order valence-corrected chi connectivity index (χ0v) is 41.1. The van der Waals surface area contributed by atoms with Crippen LogP contribution in [0, 0.1) is 0 Å². The van der Waals surface area contributed by atoms with Gasteiger partial charge in [0, 0.05) is 24.8 Å². The van der Waals surface area contributed by atoms with Crippen LogP contribution in [-0.2, 0) is 0 Å². The molecule has 0 fully saturated rings. The third-order valence-corrected chi connectivity index (χ3v) is 16.4. The SMILES string of the molecule is CC(C)c1cccc(C(C)C)c1-n1ccnc1N[Si](Nc1nccn1-c1c(C(C)C)cccc1C(C)C)(c1c(C(C)C)cccc1C(C)C)c1c(C(C)C)cccc1C(C)C. The van der Waals surface area contributed by atoms with Crippen molar-refractivity contribution in [2.45, 2.75) is 158 Å². The van der Waals surface area contributed by atoms with E-state index in [4.69, 9.17) is 9.97 Å². The fourth-order valence-corrected chi connectivity index (χ4v) is 14.5. The molecule has 0 aliphatic heterocycles. The predicted molar refractivity (Wildman–Crippen MR) is 265 cm³/mol. The van der Waals surface area contributed by atoms with Gasteiger partial charge in [-0.15, -0.1) is 0 Å². The average Bonchev–Trinajstić information content (AvgIpc) is 3.88.